The van der Waals surface area contributed by atoms with Crippen molar-refractivity contribution in [2.24, 2.45) is 5.92 Å². The Kier molecular flexibility index (Phi) is 6.18. The second kappa shape index (κ2) is 7.66. The first-order chi connectivity index (χ1) is 9.61. The Balaban J connectivity index is 1.89. The largest absolute Gasteiger partial charge is 0.325 e. The molecule has 116 valence electrons. The maximum Gasteiger partial charge on any atom is 0.241 e. The summed E-state index contributed by atoms with van der Waals surface area (Å²) in [6.07, 6.45) is 2.19. The van der Waals surface area contributed by atoms with Gasteiger partial charge in [-0.3, -0.25) is 15.0 Å². The highest BCUT2D eigenvalue weighted by Crippen LogP contribution is 2.19. The summed E-state index contributed by atoms with van der Waals surface area (Å²) in [5.74, 6) is 3.40. The Morgan fingerprint density at radius 1 is 1.30 bits per heavy atom. The van der Waals surface area contributed by atoms with Crippen LogP contribution in [0.4, 0.5) is 0 Å². The smallest absolute Gasteiger partial charge is 0.241 e. The van der Waals surface area contributed by atoms with Crippen molar-refractivity contribution in [3.63, 3.8) is 0 Å². The maximum absolute atomic E-state index is 12.4. The number of hydrogen-bond donors (Lipinski definition) is 1. The SMILES string of the molecule is CCC1NC(CC(C)C)N(CCN2CCSCC2)C1=O. The summed E-state index contributed by atoms with van der Waals surface area (Å²) in [5.41, 5.74) is 0. The van der Waals surface area contributed by atoms with Crippen LogP contribution in [0.15, 0.2) is 0 Å². The van der Waals surface area contributed by atoms with Gasteiger partial charge < -0.3 is 4.90 Å². The minimum Gasteiger partial charge on any atom is -0.325 e. The van der Waals surface area contributed by atoms with Crippen LogP contribution in [0.1, 0.15) is 33.6 Å². The first-order valence-corrected chi connectivity index (χ1v) is 9.14. The number of hydrogen-bond acceptors (Lipinski definition) is 4. The summed E-state index contributed by atoms with van der Waals surface area (Å²) >= 11 is 2.04. The molecule has 1 N–H and O–H groups in total. The quantitative estimate of drug-likeness (QED) is 0.808. The van der Waals surface area contributed by atoms with Gasteiger partial charge in [-0.2, -0.15) is 11.8 Å². The van der Waals surface area contributed by atoms with E-state index in [9.17, 15) is 4.79 Å². The van der Waals surface area contributed by atoms with E-state index >= 15 is 0 Å². The number of nitrogens with one attached hydrogen (secondary N) is 1. The number of thioether (sulfide) groups is 1. The van der Waals surface area contributed by atoms with Crippen molar-refractivity contribution < 1.29 is 4.79 Å². The van der Waals surface area contributed by atoms with Gasteiger partial charge in [0.1, 0.15) is 0 Å². The van der Waals surface area contributed by atoms with Crippen LogP contribution in [0.2, 0.25) is 0 Å². The number of nitrogens with zero attached hydrogens (tertiary/aromatic N) is 2. The van der Waals surface area contributed by atoms with Crippen molar-refractivity contribution in [3.05, 3.63) is 0 Å². The number of carbonyl (C=O) groups is 1. The van der Waals surface area contributed by atoms with E-state index in [0.29, 0.717) is 11.8 Å². The lowest BCUT2D eigenvalue weighted by Gasteiger charge is -2.31. The fourth-order valence-corrected chi connectivity index (χ4v) is 4.00. The lowest BCUT2D eigenvalue weighted by atomic mass is 10.1. The Bertz CT molecular complexity index is 318. The van der Waals surface area contributed by atoms with Crippen molar-refractivity contribution in [1.82, 2.24) is 15.1 Å². The Morgan fingerprint density at radius 2 is 2.00 bits per heavy atom. The molecule has 0 aromatic rings. The topological polar surface area (TPSA) is 35.6 Å². The average Bonchev–Trinajstić information content (AvgIpc) is 2.73. The molecule has 0 saturated carbocycles. The average molecular weight is 299 g/mol. The third-order valence-electron chi connectivity index (χ3n) is 4.21. The van der Waals surface area contributed by atoms with Crippen molar-refractivity contribution >= 4 is 17.7 Å². The van der Waals surface area contributed by atoms with Crippen molar-refractivity contribution in [3.8, 4) is 0 Å². The highest BCUT2D eigenvalue weighted by molar-refractivity contribution is 7.99. The van der Waals surface area contributed by atoms with E-state index in [2.05, 4.69) is 35.9 Å². The van der Waals surface area contributed by atoms with Gasteiger partial charge in [-0.1, -0.05) is 20.8 Å². The molecule has 2 aliphatic rings. The Labute approximate surface area is 127 Å². The lowest BCUT2D eigenvalue weighted by molar-refractivity contribution is -0.130. The van der Waals surface area contributed by atoms with Crippen LogP contribution in [0.25, 0.3) is 0 Å². The summed E-state index contributed by atoms with van der Waals surface area (Å²) in [7, 11) is 0. The number of rotatable bonds is 6. The molecule has 2 atom stereocenters. The molecule has 0 bridgehead atoms. The highest BCUT2D eigenvalue weighted by atomic mass is 32.2. The standard InChI is InChI=1S/C15H29N3OS/c1-4-13-15(19)18(14(16-13)11-12(2)3)6-5-17-7-9-20-10-8-17/h12-14,16H,4-11H2,1-3H3. The third kappa shape index (κ3) is 4.12. The molecule has 0 aromatic heterocycles. The van der Waals surface area contributed by atoms with Gasteiger partial charge in [0.05, 0.1) is 12.2 Å². The molecular weight excluding hydrogens is 270 g/mol. The van der Waals surface area contributed by atoms with E-state index < -0.39 is 0 Å². The molecule has 2 unspecified atom stereocenters. The molecule has 0 aliphatic carbocycles. The monoisotopic (exact) mass is 299 g/mol. The zero-order chi connectivity index (χ0) is 14.5. The van der Waals surface area contributed by atoms with Gasteiger partial charge in [-0.15, -0.1) is 0 Å². The fourth-order valence-electron chi connectivity index (χ4n) is 3.02. The van der Waals surface area contributed by atoms with Crippen molar-refractivity contribution in [1.29, 1.82) is 0 Å². The van der Waals surface area contributed by atoms with Crippen molar-refractivity contribution in [2.75, 3.05) is 37.7 Å². The van der Waals surface area contributed by atoms with Gasteiger partial charge >= 0.3 is 0 Å². The fraction of sp³-hybridized carbons (Fsp3) is 0.933. The maximum atomic E-state index is 12.4. The van der Waals surface area contributed by atoms with Crippen LogP contribution in [0.5, 0.6) is 0 Å². The minimum absolute atomic E-state index is 0.0376. The molecular formula is C15H29N3OS. The molecule has 0 aromatic carbocycles. The van der Waals surface area contributed by atoms with Crippen LogP contribution in [-0.2, 0) is 4.79 Å². The molecule has 20 heavy (non-hydrogen) atoms. The van der Waals surface area contributed by atoms with E-state index in [1.165, 1.54) is 24.6 Å². The third-order valence-corrected chi connectivity index (χ3v) is 5.16. The first kappa shape index (κ1) is 16.1. The van der Waals surface area contributed by atoms with Crippen molar-refractivity contribution in [2.45, 2.75) is 45.8 Å². The second-order valence-electron chi connectivity index (χ2n) is 6.26. The predicted molar refractivity (Wildman–Crippen MR) is 85.9 cm³/mol. The summed E-state index contributed by atoms with van der Waals surface area (Å²) in [4.78, 5) is 17.0. The lowest BCUT2D eigenvalue weighted by Crippen LogP contribution is -2.44. The van der Waals surface area contributed by atoms with Gasteiger partial charge in [0.15, 0.2) is 0 Å². The summed E-state index contributed by atoms with van der Waals surface area (Å²) in [6.45, 7) is 10.8. The second-order valence-corrected chi connectivity index (χ2v) is 7.48. The molecule has 2 heterocycles. The van der Waals surface area contributed by atoms with Gasteiger partial charge in [-0.05, 0) is 18.8 Å². The molecule has 2 rings (SSSR count). The van der Waals surface area contributed by atoms with Crippen LogP contribution >= 0.6 is 11.8 Å². The van der Waals surface area contributed by atoms with Gasteiger partial charge in [0, 0.05) is 37.7 Å². The van der Waals surface area contributed by atoms with E-state index in [0.717, 1.165) is 25.9 Å². The molecule has 0 radical (unpaired) electrons. The van der Waals surface area contributed by atoms with Crippen LogP contribution in [0, 0.1) is 5.92 Å². The normalized spacial score (nSPS) is 28.6. The number of amides is 1. The van der Waals surface area contributed by atoms with Crippen LogP contribution in [0.3, 0.4) is 0 Å². The molecule has 0 spiro atoms. The van der Waals surface area contributed by atoms with Crippen LogP contribution < -0.4 is 5.32 Å². The number of carbonyl (C=O) groups excluding carboxylic acids is 1. The molecule has 2 aliphatic heterocycles. The van der Waals surface area contributed by atoms with E-state index in [1.807, 2.05) is 11.8 Å². The molecule has 4 nitrogen and oxygen atoms in total. The summed E-state index contributed by atoms with van der Waals surface area (Å²) in [5, 5.41) is 3.51. The zero-order valence-electron chi connectivity index (χ0n) is 13.1. The molecule has 5 heteroatoms. The Morgan fingerprint density at radius 3 is 2.60 bits per heavy atom. The molecule has 2 fully saturated rings. The summed E-state index contributed by atoms with van der Waals surface area (Å²) in [6, 6.07) is 0.0376. The van der Waals surface area contributed by atoms with Crippen LogP contribution in [-0.4, -0.2) is 65.6 Å². The first-order valence-electron chi connectivity index (χ1n) is 7.98. The summed E-state index contributed by atoms with van der Waals surface area (Å²) < 4.78 is 0. The minimum atomic E-state index is 0.0376. The van der Waals surface area contributed by atoms with Gasteiger partial charge in [0.25, 0.3) is 0 Å². The highest BCUT2D eigenvalue weighted by Gasteiger charge is 2.37. The van der Waals surface area contributed by atoms with E-state index in [1.54, 1.807) is 0 Å². The molecule has 1 amide bonds. The Hall–Kier alpha value is -0.260. The van der Waals surface area contributed by atoms with E-state index in [4.69, 9.17) is 0 Å². The molecule has 2 saturated heterocycles. The van der Waals surface area contributed by atoms with Gasteiger partial charge in [0.2, 0.25) is 5.91 Å². The zero-order valence-corrected chi connectivity index (χ0v) is 13.9. The van der Waals surface area contributed by atoms with Gasteiger partial charge in [-0.25, -0.2) is 0 Å². The van der Waals surface area contributed by atoms with E-state index in [-0.39, 0.29) is 12.2 Å². The predicted octanol–water partition coefficient (Wildman–Crippen LogP) is 1.62.